The summed E-state index contributed by atoms with van der Waals surface area (Å²) in [4.78, 5) is 22.6. The number of primary amides is 1. The van der Waals surface area contributed by atoms with Crippen molar-refractivity contribution in [1.82, 2.24) is 14.8 Å². The fraction of sp³-hybridized carbons (Fsp3) is 0.286. The van der Waals surface area contributed by atoms with Crippen LogP contribution in [0.15, 0.2) is 23.4 Å². The van der Waals surface area contributed by atoms with Crippen molar-refractivity contribution in [2.75, 3.05) is 11.1 Å². The molecule has 2 aromatic rings. The smallest absolute Gasteiger partial charge is 0.234 e. The van der Waals surface area contributed by atoms with Crippen molar-refractivity contribution >= 4 is 29.3 Å². The van der Waals surface area contributed by atoms with Gasteiger partial charge in [0, 0.05) is 31.6 Å². The largest absolute Gasteiger partial charge is 0.370 e. The van der Waals surface area contributed by atoms with Gasteiger partial charge in [-0.1, -0.05) is 11.8 Å². The molecule has 10 heteroatoms. The molecule has 2 amide bonds. The van der Waals surface area contributed by atoms with Crippen LogP contribution in [0.4, 0.5) is 14.5 Å². The van der Waals surface area contributed by atoms with Crippen molar-refractivity contribution in [3.8, 4) is 0 Å². The number of nitrogens with two attached hydrogens (primary N) is 1. The number of hydrogen-bond donors (Lipinski definition) is 2. The predicted octanol–water partition coefficient (Wildman–Crippen LogP) is 1.24. The molecule has 0 atom stereocenters. The van der Waals surface area contributed by atoms with Gasteiger partial charge in [-0.2, -0.15) is 0 Å². The van der Waals surface area contributed by atoms with Crippen LogP contribution in [0.25, 0.3) is 0 Å². The summed E-state index contributed by atoms with van der Waals surface area (Å²) in [6, 6.07) is 3.11. The molecule has 0 saturated heterocycles. The molecule has 0 saturated carbocycles. The molecule has 1 heterocycles. The molecule has 0 spiro atoms. The Morgan fingerprint density at radius 2 is 2.04 bits per heavy atom. The van der Waals surface area contributed by atoms with Gasteiger partial charge in [-0.15, -0.1) is 10.2 Å². The average Bonchev–Trinajstić information content (AvgIpc) is 2.87. The number of nitrogens with one attached hydrogen (secondary N) is 1. The third kappa shape index (κ3) is 4.75. The molecule has 0 fully saturated rings. The second kappa shape index (κ2) is 7.86. The van der Waals surface area contributed by atoms with Crippen molar-refractivity contribution < 1.29 is 18.4 Å². The van der Waals surface area contributed by atoms with Crippen LogP contribution in [0.3, 0.4) is 0 Å². The standard InChI is InChI=1S/C14H15F2N5O2S/c1-21-12(5-4-11(17)22)19-20-14(21)24-7-13(23)18-8-2-3-9(15)10(16)6-8/h2-3,6H,4-5,7H2,1H3,(H2,17,22)(H,18,23). The van der Waals surface area contributed by atoms with Crippen molar-refractivity contribution in [3.63, 3.8) is 0 Å². The van der Waals surface area contributed by atoms with Crippen LogP contribution in [0.1, 0.15) is 12.2 Å². The Bertz CT molecular complexity index is 766. The summed E-state index contributed by atoms with van der Waals surface area (Å²) in [7, 11) is 1.71. The fourth-order valence-corrected chi connectivity index (χ4v) is 2.55. The molecule has 0 aliphatic carbocycles. The first-order chi connectivity index (χ1) is 11.4. The second-order valence-corrected chi connectivity index (χ2v) is 5.83. The van der Waals surface area contributed by atoms with Crippen LogP contribution < -0.4 is 11.1 Å². The van der Waals surface area contributed by atoms with Gasteiger partial charge in [0.25, 0.3) is 0 Å². The maximum atomic E-state index is 13.1. The van der Waals surface area contributed by atoms with Gasteiger partial charge in [-0.3, -0.25) is 9.59 Å². The molecular formula is C14H15F2N5O2S. The number of halogens is 2. The number of rotatable bonds is 7. The molecular weight excluding hydrogens is 340 g/mol. The van der Waals surface area contributed by atoms with E-state index in [0.29, 0.717) is 17.4 Å². The van der Waals surface area contributed by atoms with Crippen LogP contribution in [-0.2, 0) is 23.1 Å². The SMILES string of the molecule is Cn1c(CCC(N)=O)nnc1SCC(=O)Nc1ccc(F)c(F)c1. The zero-order valence-electron chi connectivity index (χ0n) is 12.8. The number of nitrogens with zero attached hydrogens (tertiary/aromatic N) is 3. The number of carbonyl (C=O) groups is 2. The first-order valence-corrected chi connectivity index (χ1v) is 7.89. The monoisotopic (exact) mass is 355 g/mol. The molecule has 0 unspecified atom stereocenters. The summed E-state index contributed by atoms with van der Waals surface area (Å²) in [5.74, 6) is -2.25. The number of benzene rings is 1. The van der Waals surface area contributed by atoms with E-state index < -0.39 is 23.4 Å². The van der Waals surface area contributed by atoms with Crippen molar-refractivity contribution in [2.24, 2.45) is 12.8 Å². The van der Waals surface area contributed by atoms with Gasteiger partial charge in [0.1, 0.15) is 5.82 Å². The van der Waals surface area contributed by atoms with Crippen LogP contribution in [0, 0.1) is 11.6 Å². The van der Waals surface area contributed by atoms with E-state index in [4.69, 9.17) is 5.73 Å². The highest BCUT2D eigenvalue weighted by molar-refractivity contribution is 7.99. The highest BCUT2D eigenvalue weighted by Gasteiger charge is 2.13. The van der Waals surface area contributed by atoms with Gasteiger partial charge in [0.15, 0.2) is 16.8 Å². The third-order valence-corrected chi connectivity index (χ3v) is 4.08. The average molecular weight is 355 g/mol. The lowest BCUT2D eigenvalue weighted by Gasteiger charge is -2.06. The minimum absolute atomic E-state index is 0.0147. The van der Waals surface area contributed by atoms with E-state index in [9.17, 15) is 18.4 Å². The molecule has 0 bridgehead atoms. The Hall–Kier alpha value is -2.49. The number of aromatic nitrogens is 3. The maximum Gasteiger partial charge on any atom is 0.234 e. The van der Waals surface area contributed by atoms with Crippen LogP contribution in [-0.4, -0.2) is 32.3 Å². The zero-order valence-corrected chi connectivity index (χ0v) is 13.6. The summed E-state index contributed by atoms with van der Waals surface area (Å²) in [5.41, 5.74) is 5.25. The van der Waals surface area contributed by atoms with Gasteiger partial charge in [0.2, 0.25) is 11.8 Å². The number of aryl methyl sites for hydroxylation is 1. The first kappa shape index (κ1) is 17.9. The lowest BCUT2D eigenvalue weighted by molar-refractivity contribution is -0.118. The van der Waals surface area contributed by atoms with Gasteiger partial charge in [-0.05, 0) is 12.1 Å². The second-order valence-electron chi connectivity index (χ2n) is 4.89. The van der Waals surface area contributed by atoms with Crippen LogP contribution >= 0.6 is 11.8 Å². The lowest BCUT2D eigenvalue weighted by Crippen LogP contribution is -2.15. The van der Waals surface area contributed by atoms with Crippen molar-refractivity contribution in [1.29, 1.82) is 0 Å². The quantitative estimate of drug-likeness (QED) is 0.728. The molecule has 128 valence electrons. The van der Waals surface area contributed by atoms with E-state index in [1.165, 1.54) is 6.07 Å². The van der Waals surface area contributed by atoms with Crippen LogP contribution in [0.2, 0.25) is 0 Å². The molecule has 3 N–H and O–H groups in total. The van der Waals surface area contributed by atoms with Gasteiger partial charge >= 0.3 is 0 Å². The minimum Gasteiger partial charge on any atom is -0.370 e. The topological polar surface area (TPSA) is 103 Å². The normalized spacial score (nSPS) is 10.6. The number of carbonyl (C=O) groups excluding carboxylic acids is 2. The molecule has 0 radical (unpaired) electrons. The molecule has 7 nitrogen and oxygen atoms in total. The summed E-state index contributed by atoms with van der Waals surface area (Å²) in [5, 5.41) is 10.8. The Labute approximate surface area is 140 Å². The lowest BCUT2D eigenvalue weighted by atomic mass is 10.3. The zero-order chi connectivity index (χ0) is 17.7. The van der Waals surface area contributed by atoms with E-state index in [-0.39, 0.29) is 17.9 Å². The number of thioether (sulfide) groups is 1. The predicted molar refractivity (Wildman–Crippen MR) is 84.2 cm³/mol. The third-order valence-electron chi connectivity index (χ3n) is 3.06. The highest BCUT2D eigenvalue weighted by atomic mass is 32.2. The maximum absolute atomic E-state index is 13.1. The molecule has 2 rings (SSSR count). The van der Waals surface area contributed by atoms with Gasteiger partial charge < -0.3 is 15.6 Å². The summed E-state index contributed by atoms with van der Waals surface area (Å²) in [6.45, 7) is 0. The summed E-state index contributed by atoms with van der Waals surface area (Å²) >= 11 is 1.13. The van der Waals surface area contributed by atoms with E-state index in [1.807, 2.05) is 0 Å². The minimum atomic E-state index is -1.03. The summed E-state index contributed by atoms with van der Waals surface area (Å²) in [6.07, 6.45) is 0.522. The van der Waals surface area contributed by atoms with E-state index in [2.05, 4.69) is 15.5 Å². The van der Waals surface area contributed by atoms with Crippen molar-refractivity contribution in [2.45, 2.75) is 18.0 Å². The molecule has 1 aromatic carbocycles. The van der Waals surface area contributed by atoms with Gasteiger partial charge in [0.05, 0.1) is 5.75 Å². The number of hydrogen-bond acceptors (Lipinski definition) is 5. The van der Waals surface area contributed by atoms with E-state index in [1.54, 1.807) is 11.6 Å². The van der Waals surface area contributed by atoms with E-state index >= 15 is 0 Å². The summed E-state index contributed by atoms with van der Waals surface area (Å²) < 4.78 is 27.6. The fourth-order valence-electron chi connectivity index (χ4n) is 1.82. The van der Waals surface area contributed by atoms with Crippen molar-refractivity contribution in [3.05, 3.63) is 35.7 Å². The van der Waals surface area contributed by atoms with Crippen LogP contribution in [0.5, 0.6) is 0 Å². The molecule has 24 heavy (non-hydrogen) atoms. The molecule has 0 aliphatic rings. The number of anilines is 1. The Balaban J connectivity index is 1.89. The molecule has 0 aliphatic heterocycles. The Morgan fingerprint density at radius 1 is 1.29 bits per heavy atom. The highest BCUT2D eigenvalue weighted by Crippen LogP contribution is 2.18. The Kier molecular flexibility index (Phi) is 5.85. The first-order valence-electron chi connectivity index (χ1n) is 6.91. The Morgan fingerprint density at radius 3 is 2.71 bits per heavy atom. The van der Waals surface area contributed by atoms with E-state index in [0.717, 1.165) is 23.9 Å². The van der Waals surface area contributed by atoms with Gasteiger partial charge in [-0.25, -0.2) is 8.78 Å². The number of amides is 2. The molecule has 1 aromatic heterocycles.